The zero-order chi connectivity index (χ0) is 13.1. The molecular formula is C12H16N4O2. The van der Waals surface area contributed by atoms with Crippen LogP contribution in [0, 0.1) is 13.8 Å². The van der Waals surface area contributed by atoms with E-state index in [-0.39, 0.29) is 5.91 Å². The fraction of sp³-hybridized carbons (Fsp3) is 0.417. The van der Waals surface area contributed by atoms with Gasteiger partial charge in [0.2, 0.25) is 5.91 Å². The topological polar surface area (TPSA) is 73.0 Å². The molecule has 0 saturated carbocycles. The number of hydrogen-bond donors (Lipinski definition) is 1. The smallest absolute Gasteiger partial charge is 0.225 e. The van der Waals surface area contributed by atoms with Crippen LogP contribution in [0.2, 0.25) is 0 Å². The number of amides is 1. The summed E-state index contributed by atoms with van der Waals surface area (Å²) in [5.41, 5.74) is 3.21. The summed E-state index contributed by atoms with van der Waals surface area (Å²) in [5, 5.41) is 10.6. The van der Waals surface area contributed by atoms with Crippen molar-refractivity contribution >= 4 is 11.7 Å². The van der Waals surface area contributed by atoms with E-state index in [9.17, 15) is 4.79 Å². The molecule has 0 aliphatic carbocycles. The number of aromatic nitrogens is 3. The van der Waals surface area contributed by atoms with Crippen LogP contribution in [0.15, 0.2) is 16.9 Å². The van der Waals surface area contributed by atoms with Crippen molar-refractivity contribution < 1.29 is 9.32 Å². The first kappa shape index (κ1) is 12.3. The maximum absolute atomic E-state index is 11.7. The maximum atomic E-state index is 11.7. The highest BCUT2D eigenvalue weighted by molar-refractivity contribution is 5.89. The van der Waals surface area contributed by atoms with Gasteiger partial charge in [0.05, 0.1) is 5.69 Å². The van der Waals surface area contributed by atoms with Crippen LogP contribution in [-0.2, 0) is 18.3 Å². The third-order valence-corrected chi connectivity index (χ3v) is 2.97. The Balaban J connectivity index is 1.93. The molecule has 0 spiro atoms. The number of nitrogens with zero attached hydrogens (tertiary/aromatic N) is 3. The molecule has 2 rings (SSSR count). The first-order valence-electron chi connectivity index (χ1n) is 5.77. The van der Waals surface area contributed by atoms with Crippen molar-refractivity contribution in [2.24, 2.45) is 7.05 Å². The third kappa shape index (κ3) is 2.58. The highest BCUT2D eigenvalue weighted by atomic mass is 16.5. The Labute approximate surface area is 105 Å². The molecule has 18 heavy (non-hydrogen) atoms. The fourth-order valence-electron chi connectivity index (χ4n) is 1.90. The quantitative estimate of drug-likeness (QED) is 0.891. The van der Waals surface area contributed by atoms with Gasteiger partial charge in [-0.1, -0.05) is 5.16 Å². The third-order valence-electron chi connectivity index (χ3n) is 2.97. The second-order valence-corrected chi connectivity index (χ2v) is 4.21. The van der Waals surface area contributed by atoms with Crippen molar-refractivity contribution in [1.82, 2.24) is 14.9 Å². The first-order valence-corrected chi connectivity index (χ1v) is 5.77. The molecule has 2 heterocycles. The largest absolute Gasteiger partial charge is 0.363 e. The van der Waals surface area contributed by atoms with Gasteiger partial charge >= 0.3 is 0 Å². The van der Waals surface area contributed by atoms with Crippen molar-refractivity contribution in [3.63, 3.8) is 0 Å². The van der Waals surface area contributed by atoms with E-state index in [0.29, 0.717) is 18.7 Å². The minimum Gasteiger partial charge on any atom is -0.363 e. The molecule has 0 saturated heterocycles. The molecule has 0 bridgehead atoms. The zero-order valence-electron chi connectivity index (χ0n) is 10.7. The lowest BCUT2D eigenvalue weighted by atomic mass is 10.1. The lowest BCUT2D eigenvalue weighted by molar-refractivity contribution is -0.116. The van der Waals surface area contributed by atoms with E-state index < -0.39 is 0 Å². The van der Waals surface area contributed by atoms with Gasteiger partial charge in [-0.15, -0.1) is 0 Å². The van der Waals surface area contributed by atoms with Crippen LogP contribution in [-0.4, -0.2) is 20.8 Å². The molecule has 1 N–H and O–H groups in total. The molecule has 6 nitrogen and oxygen atoms in total. The fourth-order valence-corrected chi connectivity index (χ4v) is 1.90. The molecule has 2 aromatic rings. The second-order valence-electron chi connectivity index (χ2n) is 4.21. The van der Waals surface area contributed by atoms with Crippen molar-refractivity contribution in [3.8, 4) is 0 Å². The van der Waals surface area contributed by atoms with Crippen LogP contribution < -0.4 is 5.32 Å². The van der Waals surface area contributed by atoms with Gasteiger partial charge in [-0.25, -0.2) is 0 Å². The Morgan fingerprint density at radius 2 is 2.28 bits per heavy atom. The van der Waals surface area contributed by atoms with E-state index in [1.54, 1.807) is 6.07 Å². The van der Waals surface area contributed by atoms with E-state index >= 15 is 0 Å². The van der Waals surface area contributed by atoms with Crippen molar-refractivity contribution in [1.29, 1.82) is 0 Å². The van der Waals surface area contributed by atoms with Gasteiger partial charge in [0, 0.05) is 25.2 Å². The molecule has 96 valence electrons. The van der Waals surface area contributed by atoms with Crippen LogP contribution in [0.25, 0.3) is 0 Å². The standard InChI is InChI=1S/C12H16N4O2/c1-8-10(9(2)16(3)14-8)4-5-12(17)13-11-6-7-18-15-11/h6-7H,4-5H2,1-3H3,(H,13,15,17). The van der Waals surface area contributed by atoms with Gasteiger partial charge in [0.1, 0.15) is 6.26 Å². The Kier molecular flexibility index (Phi) is 3.45. The minimum atomic E-state index is -0.0773. The SMILES string of the molecule is Cc1nn(C)c(C)c1CCC(=O)Nc1ccon1. The van der Waals surface area contributed by atoms with Crippen LogP contribution in [0.4, 0.5) is 5.82 Å². The molecule has 1 amide bonds. The summed E-state index contributed by atoms with van der Waals surface area (Å²) in [5.74, 6) is 0.367. The Morgan fingerprint density at radius 3 is 2.83 bits per heavy atom. The van der Waals surface area contributed by atoms with E-state index in [2.05, 4.69) is 20.1 Å². The summed E-state index contributed by atoms with van der Waals surface area (Å²) in [7, 11) is 1.90. The van der Waals surface area contributed by atoms with Crippen molar-refractivity contribution in [2.45, 2.75) is 26.7 Å². The predicted molar refractivity (Wildman–Crippen MR) is 66.1 cm³/mol. The van der Waals surface area contributed by atoms with Crippen LogP contribution in [0.3, 0.4) is 0 Å². The van der Waals surface area contributed by atoms with Crippen molar-refractivity contribution in [3.05, 3.63) is 29.3 Å². The lowest BCUT2D eigenvalue weighted by Gasteiger charge is -2.02. The van der Waals surface area contributed by atoms with Crippen LogP contribution >= 0.6 is 0 Å². The molecule has 0 atom stereocenters. The lowest BCUT2D eigenvalue weighted by Crippen LogP contribution is -2.12. The zero-order valence-corrected chi connectivity index (χ0v) is 10.7. The van der Waals surface area contributed by atoms with Gasteiger partial charge < -0.3 is 9.84 Å². The van der Waals surface area contributed by atoms with Gasteiger partial charge in [-0.05, 0) is 25.8 Å². The molecule has 0 fully saturated rings. The maximum Gasteiger partial charge on any atom is 0.225 e. The Bertz CT molecular complexity index is 543. The van der Waals surface area contributed by atoms with Gasteiger partial charge in [-0.3, -0.25) is 9.48 Å². The van der Waals surface area contributed by atoms with E-state index in [1.165, 1.54) is 6.26 Å². The number of carbonyl (C=O) groups is 1. The Morgan fingerprint density at radius 1 is 1.50 bits per heavy atom. The molecule has 0 aliphatic rings. The average molecular weight is 248 g/mol. The molecule has 0 aromatic carbocycles. The molecule has 0 unspecified atom stereocenters. The molecule has 0 radical (unpaired) electrons. The number of rotatable bonds is 4. The summed E-state index contributed by atoms with van der Waals surface area (Å²) in [6.45, 7) is 3.96. The summed E-state index contributed by atoms with van der Waals surface area (Å²) >= 11 is 0. The van der Waals surface area contributed by atoms with E-state index in [4.69, 9.17) is 0 Å². The molecule has 2 aromatic heterocycles. The van der Waals surface area contributed by atoms with E-state index in [1.807, 2.05) is 25.6 Å². The molecule has 6 heteroatoms. The summed E-state index contributed by atoms with van der Waals surface area (Å²) in [6, 6.07) is 1.61. The number of anilines is 1. The highest BCUT2D eigenvalue weighted by Crippen LogP contribution is 2.14. The van der Waals surface area contributed by atoms with E-state index in [0.717, 1.165) is 17.0 Å². The number of carbonyl (C=O) groups excluding carboxylic acids is 1. The van der Waals surface area contributed by atoms with Gasteiger partial charge in [-0.2, -0.15) is 5.10 Å². The average Bonchev–Trinajstić information content (AvgIpc) is 2.88. The normalized spacial score (nSPS) is 10.6. The van der Waals surface area contributed by atoms with Gasteiger partial charge in [0.25, 0.3) is 0 Å². The summed E-state index contributed by atoms with van der Waals surface area (Å²) < 4.78 is 6.48. The van der Waals surface area contributed by atoms with Crippen LogP contribution in [0.5, 0.6) is 0 Å². The predicted octanol–water partition coefficient (Wildman–Crippen LogP) is 1.60. The minimum absolute atomic E-state index is 0.0773. The number of aryl methyl sites for hydroxylation is 2. The van der Waals surface area contributed by atoms with Crippen molar-refractivity contribution in [2.75, 3.05) is 5.32 Å². The Hall–Kier alpha value is -2.11. The van der Waals surface area contributed by atoms with Crippen LogP contribution in [0.1, 0.15) is 23.4 Å². The highest BCUT2D eigenvalue weighted by Gasteiger charge is 2.11. The summed E-state index contributed by atoms with van der Waals surface area (Å²) in [6.07, 6.45) is 2.50. The number of nitrogens with one attached hydrogen (secondary N) is 1. The summed E-state index contributed by atoms with van der Waals surface area (Å²) in [4.78, 5) is 11.7. The number of hydrogen-bond acceptors (Lipinski definition) is 4. The second kappa shape index (κ2) is 5.03. The molecular weight excluding hydrogens is 232 g/mol. The van der Waals surface area contributed by atoms with Gasteiger partial charge in [0.15, 0.2) is 5.82 Å². The molecule has 0 aliphatic heterocycles. The monoisotopic (exact) mass is 248 g/mol. The first-order chi connectivity index (χ1) is 8.58.